The number of hydrogen-bond donors (Lipinski definition) is 1. The zero-order valence-electron chi connectivity index (χ0n) is 10.9. The third kappa shape index (κ3) is 3.68. The van der Waals surface area contributed by atoms with Gasteiger partial charge in [0.1, 0.15) is 0 Å². The topological polar surface area (TPSA) is 29.1 Å². The zero-order chi connectivity index (χ0) is 13.5. The van der Waals surface area contributed by atoms with Gasteiger partial charge in [-0.3, -0.25) is 4.79 Å². The standard InChI is InChI=1S/C17H18NO/c1-2-17(19)18-13-16(14-9-5-3-6-10-14)15-11-7-4-8-12-15/h3-12,16H,1-2,13H2,(H,18,19). The van der Waals surface area contributed by atoms with E-state index in [1.807, 2.05) is 36.4 Å². The largest absolute Gasteiger partial charge is 0.355 e. The lowest BCUT2D eigenvalue weighted by Crippen LogP contribution is -2.28. The lowest BCUT2D eigenvalue weighted by atomic mass is 9.91. The van der Waals surface area contributed by atoms with Crippen molar-refractivity contribution in [2.24, 2.45) is 0 Å². The Morgan fingerprint density at radius 3 is 1.84 bits per heavy atom. The predicted octanol–water partition coefficient (Wildman–Crippen LogP) is 3.16. The molecule has 2 rings (SSSR count). The van der Waals surface area contributed by atoms with Crippen LogP contribution in [0.3, 0.4) is 0 Å². The van der Waals surface area contributed by atoms with Crippen LogP contribution in [0.5, 0.6) is 0 Å². The highest BCUT2D eigenvalue weighted by Crippen LogP contribution is 2.23. The summed E-state index contributed by atoms with van der Waals surface area (Å²) < 4.78 is 0. The minimum Gasteiger partial charge on any atom is -0.355 e. The molecule has 1 amide bonds. The number of nitrogens with one attached hydrogen (secondary N) is 1. The molecule has 0 fully saturated rings. The summed E-state index contributed by atoms with van der Waals surface area (Å²) in [5.41, 5.74) is 2.41. The molecular formula is C17H18NO. The molecule has 19 heavy (non-hydrogen) atoms. The molecule has 0 saturated carbocycles. The molecule has 0 aliphatic heterocycles. The molecule has 0 saturated heterocycles. The molecular weight excluding hydrogens is 234 g/mol. The van der Waals surface area contributed by atoms with Crippen LogP contribution in [0.15, 0.2) is 60.7 Å². The van der Waals surface area contributed by atoms with Crippen LogP contribution >= 0.6 is 0 Å². The lowest BCUT2D eigenvalue weighted by molar-refractivity contribution is -0.120. The van der Waals surface area contributed by atoms with Crippen molar-refractivity contribution in [3.8, 4) is 0 Å². The fourth-order valence-corrected chi connectivity index (χ4v) is 2.10. The van der Waals surface area contributed by atoms with E-state index in [0.717, 1.165) is 0 Å². The van der Waals surface area contributed by atoms with E-state index < -0.39 is 0 Å². The third-order valence-electron chi connectivity index (χ3n) is 3.13. The quantitative estimate of drug-likeness (QED) is 0.870. The van der Waals surface area contributed by atoms with Gasteiger partial charge in [-0.15, -0.1) is 0 Å². The van der Waals surface area contributed by atoms with Crippen molar-refractivity contribution < 1.29 is 4.79 Å². The third-order valence-corrected chi connectivity index (χ3v) is 3.13. The van der Waals surface area contributed by atoms with Crippen molar-refractivity contribution in [2.75, 3.05) is 6.54 Å². The summed E-state index contributed by atoms with van der Waals surface area (Å²) in [7, 11) is 0. The van der Waals surface area contributed by atoms with Gasteiger partial charge in [0.25, 0.3) is 0 Å². The van der Waals surface area contributed by atoms with E-state index in [-0.39, 0.29) is 18.2 Å². The maximum atomic E-state index is 11.4. The second-order valence-electron chi connectivity index (χ2n) is 4.43. The van der Waals surface area contributed by atoms with Gasteiger partial charge in [-0.1, -0.05) is 60.7 Å². The highest BCUT2D eigenvalue weighted by molar-refractivity contribution is 5.76. The average Bonchev–Trinajstić information content (AvgIpc) is 2.49. The second kappa shape index (κ2) is 6.74. The summed E-state index contributed by atoms with van der Waals surface area (Å²) >= 11 is 0. The summed E-state index contributed by atoms with van der Waals surface area (Å²) in [6.07, 6.45) is 0.274. The first-order valence-corrected chi connectivity index (χ1v) is 6.47. The molecule has 1 radical (unpaired) electrons. The maximum absolute atomic E-state index is 11.4. The summed E-state index contributed by atoms with van der Waals surface area (Å²) in [6.45, 7) is 4.20. The average molecular weight is 252 g/mol. The van der Waals surface area contributed by atoms with E-state index in [9.17, 15) is 4.79 Å². The van der Waals surface area contributed by atoms with E-state index in [0.29, 0.717) is 6.54 Å². The van der Waals surface area contributed by atoms with Gasteiger partial charge in [-0.05, 0) is 18.1 Å². The van der Waals surface area contributed by atoms with Crippen molar-refractivity contribution >= 4 is 5.91 Å². The van der Waals surface area contributed by atoms with Crippen molar-refractivity contribution in [2.45, 2.75) is 12.3 Å². The summed E-state index contributed by atoms with van der Waals surface area (Å²) in [5.74, 6) is 0.162. The Balaban J connectivity index is 2.21. The minimum absolute atomic E-state index is 0.0168. The first-order valence-electron chi connectivity index (χ1n) is 6.47. The molecule has 0 heterocycles. The Labute approximate surface area is 114 Å². The molecule has 0 atom stereocenters. The number of carbonyl (C=O) groups is 1. The summed E-state index contributed by atoms with van der Waals surface area (Å²) in [4.78, 5) is 11.4. The summed E-state index contributed by atoms with van der Waals surface area (Å²) in [5, 5.41) is 2.93. The highest BCUT2D eigenvalue weighted by atomic mass is 16.1. The predicted molar refractivity (Wildman–Crippen MR) is 77.7 cm³/mol. The molecule has 2 aromatic carbocycles. The number of amides is 1. The molecule has 2 aromatic rings. The Bertz CT molecular complexity index is 468. The molecule has 97 valence electrons. The van der Waals surface area contributed by atoms with E-state index in [1.165, 1.54) is 11.1 Å². The molecule has 0 aromatic heterocycles. The minimum atomic E-state index is -0.0168. The van der Waals surface area contributed by atoms with E-state index in [1.54, 1.807) is 0 Å². The fraction of sp³-hybridized carbons (Fsp3) is 0.176. The van der Waals surface area contributed by atoms with Crippen LogP contribution in [0, 0.1) is 6.92 Å². The Morgan fingerprint density at radius 2 is 1.42 bits per heavy atom. The van der Waals surface area contributed by atoms with Crippen LogP contribution in [0.2, 0.25) is 0 Å². The van der Waals surface area contributed by atoms with Crippen LogP contribution in [0.1, 0.15) is 23.5 Å². The van der Waals surface area contributed by atoms with Gasteiger partial charge in [-0.25, -0.2) is 0 Å². The number of carbonyl (C=O) groups excluding carboxylic acids is 1. The first kappa shape index (κ1) is 13.3. The number of hydrogen-bond acceptors (Lipinski definition) is 1. The van der Waals surface area contributed by atoms with Crippen LogP contribution in [-0.4, -0.2) is 12.5 Å². The molecule has 0 unspecified atom stereocenters. The molecule has 0 aliphatic rings. The van der Waals surface area contributed by atoms with Gasteiger partial charge in [0.15, 0.2) is 0 Å². The molecule has 0 aliphatic carbocycles. The van der Waals surface area contributed by atoms with Crippen molar-refractivity contribution in [1.29, 1.82) is 0 Å². The second-order valence-corrected chi connectivity index (χ2v) is 4.43. The van der Waals surface area contributed by atoms with Crippen LogP contribution < -0.4 is 5.32 Å². The van der Waals surface area contributed by atoms with E-state index >= 15 is 0 Å². The summed E-state index contributed by atoms with van der Waals surface area (Å²) in [6, 6.07) is 20.5. The van der Waals surface area contributed by atoms with Crippen LogP contribution in [0.25, 0.3) is 0 Å². The first-order chi connectivity index (χ1) is 9.31. The van der Waals surface area contributed by atoms with Gasteiger partial charge in [-0.2, -0.15) is 0 Å². The number of rotatable bonds is 5. The Morgan fingerprint density at radius 1 is 0.947 bits per heavy atom. The smallest absolute Gasteiger partial charge is 0.220 e. The molecule has 0 bridgehead atoms. The van der Waals surface area contributed by atoms with Crippen LogP contribution in [0.4, 0.5) is 0 Å². The van der Waals surface area contributed by atoms with Gasteiger partial charge in [0.05, 0.1) is 0 Å². The van der Waals surface area contributed by atoms with Gasteiger partial charge >= 0.3 is 0 Å². The van der Waals surface area contributed by atoms with Crippen molar-refractivity contribution in [3.63, 3.8) is 0 Å². The highest BCUT2D eigenvalue weighted by Gasteiger charge is 2.14. The Hall–Kier alpha value is -2.09. The van der Waals surface area contributed by atoms with Crippen LogP contribution in [-0.2, 0) is 4.79 Å². The Kier molecular flexibility index (Phi) is 4.73. The maximum Gasteiger partial charge on any atom is 0.220 e. The molecule has 1 N–H and O–H groups in total. The van der Waals surface area contributed by atoms with Gasteiger partial charge < -0.3 is 5.32 Å². The van der Waals surface area contributed by atoms with E-state index in [4.69, 9.17) is 0 Å². The van der Waals surface area contributed by atoms with E-state index in [2.05, 4.69) is 36.5 Å². The monoisotopic (exact) mass is 252 g/mol. The molecule has 2 nitrogen and oxygen atoms in total. The van der Waals surface area contributed by atoms with Gasteiger partial charge in [0.2, 0.25) is 5.91 Å². The number of benzene rings is 2. The lowest BCUT2D eigenvalue weighted by Gasteiger charge is -2.18. The SMILES string of the molecule is [CH2]CC(=O)NCC(c1ccccc1)c1ccccc1. The fourth-order valence-electron chi connectivity index (χ4n) is 2.10. The molecule has 2 heteroatoms. The van der Waals surface area contributed by atoms with Gasteiger partial charge in [0, 0.05) is 18.9 Å². The van der Waals surface area contributed by atoms with Crippen molar-refractivity contribution in [1.82, 2.24) is 5.32 Å². The molecule has 0 spiro atoms. The normalized spacial score (nSPS) is 10.4. The zero-order valence-corrected chi connectivity index (χ0v) is 10.9. The van der Waals surface area contributed by atoms with Crippen molar-refractivity contribution in [3.05, 3.63) is 78.7 Å².